The van der Waals surface area contributed by atoms with Gasteiger partial charge in [0.25, 0.3) is 0 Å². The fourth-order valence-corrected chi connectivity index (χ4v) is 2.34. The lowest BCUT2D eigenvalue weighted by Crippen LogP contribution is -2.35. The zero-order chi connectivity index (χ0) is 13.8. The van der Waals surface area contributed by atoms with Gasteiger partial charge in [0.2, 0.25) is 0 Å². The van der Waals surface area contributed by atoms with E-state index >= 15 is 0 Å². The maximum Gasteiger partial charge on any atom is 0.0641 e. The van der Waals surface area contributed by atoms with Crippen molar-refractivity contribution < 1.29 is 0 Å². The summed E-state index contributed by atoms with van der Waals surface area (Å²) >= 11 is 1.90. The van der Waals surface area contributed by atoms with Crippen molar-refractivity contribution in [1.82, 2.24) is 15.1 Å². The summed E-state index contributed by atoms with van der Waals surface area (Å²) < 4.78 is 2.16. The van der Waals surface area contributed by atoms with Gasteiger partial charge >= 0.3 is 0 Å². The Labute approximate surface area is 116 Å². The van der Waals surface area contributed by atoms with Crippen LogP contribution in [0.25, 0.3) is 0 Å². The Hall–Kier alpha value is -0.480. The Morgan fingerprint density at radius 3 is 2.50 bits per heavy atom. The van der Waals surface area contributed by atoms with Crippen LogP contribution in [0, 0.1) is 13.8 Å². The van der Waals surface area contributed by atoms with Gasteiger partial charge in [-0.25, -0.2) is 0 Å². The second-order valence-corrected chi connectivity index (χ2v) is 6.81. The SMILES string of the molecule is CSCCCn1nc(C)c(CNC(C)(C)C)c1C. The number of nitrogens with zero attached hydrogens (tertiary/aromatic N) is 2. The van der Waals surface area contributed by atoms with E-state index in [1.807, 2.05) is 11.8 Å². The molecule has 1 aromatic rings. The van der Waals surface area contributed by atoms with Crippen molar-refractivity contribution in [3.05, 3.63) is 17.0 Å². The molecule has 0 radical (unpaired) electrons. The quantitative estimate of drug-likeness (QED) is 0.805. The maximum atomic E-state index is 4.65. The second-order valence-electron chi connectivity index (χ2n) is 5.82. The van der Waals surface area contributed by atoms with Gasteiger partial charge in [0.15, 0.2) is 0 Å². The Bertz CT molecular complexity index is 377. The van der Waals surface area contributed by atoms with E-state index in [0.717, 1.165) is 18.8 Å². The molecule has 104 valence electrons. The first-order chi connectivity index (χ1) is 8.35. The van der Waals surface area contributed by atoms with E-state index in [-0.39, 0.29) is 5.54 Å². The number of aryl methyl sites for hydroxylation is 2. The molecule has 0 unspecified atom stereocenters. The summed E-state index contributed by atoms with van der Waals surface area (Å²) in [5.41, 5.74) is 3.98. The molecule has 0 bridgehead atoms. The van der Waals surface area contributed by atoms with Crippen molar-refractivity contribution in [1.29, 1.82) is 0 Å². The van der Waals surface area contributed by atoms with Crippen LogP contribution in [0.4, 0.5) is 0 Å². The summed E-state index contributed by atoms with van der Waals surface area (Å²) in [7, 11) is 0. The fourth-order valence-electron chi connectivity index (χ4n) is 1.92. The number of nitrogens with one attached hydrogen (secondary N) is 1. The lowest BCUT2D eigenvalue weighted by molar-refractivity contribution is 0.423. The molecule has 0 spiro atoms. The molecule has 0 aliphatic rings. The van der Waals surface area contributed by atoms with E-state index in [2.05, 4.69) is 56.0 Å². The first-order valence-electron chi connectivity index (χ1n) is 6.62. The Balaban J connectivity index is 2.68. The molecule has 1 N–H and O–H groups in total. The molecule has 4 heteroatoms. The molecule has 0 saturated carbocycles. The Morgan fingerprint density at radius 1 is 1.28 bits per heavy atom. The predicted octanol–water partition coefficient (Wildman–Crippen LogP) is 3.14. The van der Waals surface area contributed by atoms with E-state index in [4.69, 9.17) is 0 Å². The van der Waals surface area contributed by atoms with Crippen LogP contribution >= 0.6 is 11.8 Å². The molecule has 1 rings (SSSR count). The lowest BCUT2D eigenvalue weighted by atomic mass is 10.1. The van der Waals surface area contributed by atoms with E-state index < -0.39 is 0 Å². The Kier molecular flexibility index (Phi) is 5.73. The van der Waals surface area contributed by atoms with Gasteiger partial charge in [0, 0.05) is 29.9 Å². The molecule has 0 amide bonds. The summed E-state index contributed by atoms with van der Waals surface area (Å²) in [4.78, 5) is 0. The third-order valence-electron chi connectivity index (χ3n) is 3.05. The number of rotatable bonds is 6. The zero-order valence-electron chi connectivity index (χ0n) is 12.6. The summed E-state index contributed by atoms with van der Waals surface area (Å²) in [5, 5.41) is 8.19. The van der Waals surface area contributed by atoms with E-state index in [1.165, 1.54) is 23.4 Å². The summed E-state index contributed by atoms with van der Waals surface area (Å²) in [6.07, 6.45) is 3.34. The van der Waals surface area contributed by atoms with Crippen molar-refractivity contribution in [2.75, 3.05) is 12.0 Å². The van der Waals surface area contributed by atoms with Gasteiger partial charge < -0.3 is 5.32 Å². The van der Waals surface area contributed by atoms with Crippen LogP contribution in [0.15, 0.2) is 0 Å². The minimum Gasteiger partial charge on any atom is -0.308 e. The second kappa shape index (κ2) is 6.62. The number of aromatic nitrogens is 2. The average molecular weight is 269 g/mol. The first-order valence-corrected chi connectivity index (χ1v) is 8.01. The lowest BCUT2D eigenvalue weighted by Gasteiger charge is -2.20. The molecule has 0 aliphatic carbocycles. The third kappa shape index (κ3) is 4.65. The van der Waals surface area contributed by atoms with Gasteiger partial charge in [-0.2, -0.15) is 16.9 Å². The minimum atomic E-state index is 0.153. The number of hydrogen-bond acceptors (Lipinski definition) is 3. The highest BCUT2D eigenvalue weighted by atomic mass is 32.2. The van der Waals surface area contributed by atoms with Crippen molar-refractivity contribution in [2.45, 2.75) is 59.7 Å². The molecule has 0 aromatic carbocycles. The smallest absolute Gasteiger partial charge is 0.0641 e. The van der Waals surface area contributed by atoms with E-state index in [1.54, 1.807) is 0 Å². The standard InChI is InChI=1S/C14H27N3S/c1-11-13(10-15-14(3,4)5)12(2)17(16-11)8-7-9-18-6/h15H,7-10H2,1-6H3. The van der Waals surface area contributed by atoms with Crippen molar-refractivity contribution in [3.63, 3.8) is 0 Å². The third-order valence-corrected chi connectivity index (χ3v) is 3.74. The molecular formula is C14H27N3S. The van der Waals surface area contributed by atoms with Crippen molar-refractivity contribution in [2.24, 2.45) is 0 Å². The molecule has 0 atom stereocenters. The highest BCUT2D eigenvalue weighted by molar-refractivity contribution is 7.98. The molecule has 0 aliphatic heterocycles. The first kappa shape index (κ1) is 15.6. The number of hydrogen-bond donors (Lipinski definition) is 1. The van der Waals surface area contributed by atoms with Crippen LogP contribution in [-0.2, 0) is 13.1 Å². The summed E-state index contributed by atoms with van der Waals surface area (Å²) in [6, 6.07) is 0. The van der Waals surface area contributed by atoms with Crippen molar-refractivity contribution >= 4 is 11.8 Å². The molecule has 18 heavy (non-hydrogen) atoms. The molecular weight excluding hydrogens is 242 g/mol. The average Bonchev–Trinajstić information content (AvgIpc) is 2.51. The van der Waals surface area contributed by atoms with Gasteiger partial charge in [-0.1, -0.05) is 0 Å². The van der Waals surface area contributed by atoms with Gasteiger partial charge in [0.05, 0.1) is 5.69 Å². The fraction of sp³-hybridized carbons (Fsp3) is 0.786. The topological polar surface area (TPSA) is 29.9 Å². The molecule has 1 heterocycles. The summed E-state index contributed by atoms with van der Waals surface area (Å²) in [5.74, 6) is 1.20. The molecule has 1 aromatic heterocycles. The van der Waals surface area contributed by atoms with Crippen LogP contribution in [0.2, 0.25) is 0 Å². The van der Waals surface area contributed by atoms with Crippen LogP contribution in [0.5, 0.6) is 0 Å². The van der Waals surface area contributed by atoms with Crippen LogP contribution in [0.1, 0.15) is 44.1 Å². The normalized spacial score (nSPS) is 12.1. The number of thioether (sulfide) groups is 1. The maximum absolute atomic E-state index is 4.65. The molecule has 3 nitrogen and oxygen atoms in total. The monoisotopic (exact) mass is 269 g/mol. The van der Waals surface area contributed by atoms with Crippen LogP contribution in [-0.4, -0.2) is 27.3 Å². The van der Waals surface area contributed by atoms with E-state index in [9.17, 15) is 0 Å². The molecule has 0 saturated heterocycles. The zero-order valence-corrected chi connectivity index (χ0v) is 13.4. The van der Waals surface area contributed by atoms with Gasteiger partial charge in [-0.15, -0.1) is 0 Å². The highest BCUT2D eigenvalue weighted by Crippen LogP contribution is 2.15. The largest absolute Gasteiger partial charge is 0.308 e. The highest BCUT2D eigenvalue weighted by Gasteiger charge is 2.14. The molecule has 0 fully saturated rings. The van der Waals surface area contributed by atoms with Crippen molar-refractivity contribution in [3.8, 4) is 0 Å². The predicted molar refractivity (Wildman–Crippen MR) is 81.3 cm³/mol. The minimum absolute atomic E-state index is 0.153. The van der Waals surface area contributed by atoms with Gasteiger partial charge in [0.1, 0.15) is 0 Å². The summed E-state index contributed by atoms with van der Waals surface area (Å²) in [6.45, 7) is 12.8. The van der Waals surface area contributed by atoms with Crippen LogP contribution < -0.4 is 5.32 Å². The Morgan fingerprint density at radius 2 is 1.94 bits per heavy atom. The van der Waals surface area contributed by atoms with E-state index in [0.29, 0.717) is 0 Å². The van der Waals surface area contributed by atoms with Gasteiger partial charge in [-0.3, -0.25) is 4.68 Å². The van der Waals surface area contributed by atoms with Crippen LogP contribution in [0.3, 0.4) is 0 Å². The van der Waals surface area contributed by atoms with Gasteiger partial charge in [-0.05, 0) is 53.0 Å².